The van der Waals surface area contributed by atoms with Crippen molar-refractivity contribution in [3.63, 3.8) is 0 Å². The van der Waals surface area contributed by atoms with Gasteiger partial charge in [0.25, 0.3) is 0 Å². The zero-order valence-corrected chi connectivity index (χ0v) is 26.0. The minimum absolute atomic E-state index is 0.0363. The Morgan fingerprint density at radius 2 is 1.47 bits per heavy atom. The van der Waals surface area contributed by atoms with Crippen molar-refractivity contribution in [1.29, 1.82) is 0 Å². The molecule has 2 aromatic rings. The number of alkyl halides is 7. The van der Waals surface area contributed by atoms with Crippen molar-refractivity contribution >= 4 is 21.7 Å². The minimum Gasteiger partial charge on any atom is -0.337 e. The number of halogens is 8. The molecule has 2 aromatic carbocycles. The van der Waals surface area contributed by atoms with Crippen LogP contribution in [0.1, 0.15) is 68.6 Å². The molecule has 0 spiro atoms. The summed E-state index contributed by atoms with van der Waals surface area (Å²) in [4.78, 5) is 29.3. The van der Waals surface area contributed by atoms with Crippen molar-refractivity contribution in [2.45, 2.75) is 104 Å². The standard InChI is InChI=1S/C32H32F8N2O4S/c1-18(43)42-23-8-9-24(42)17-20(16-23)28(44)41-14-13-29(47(45,46)25-10-6-22(33)7-11-25)26-12-5-21(15-19(26)3-2-4-27(29)41)30(34,31(35,36)37)32(38,39)40/h5-7,10-12,15,20,23-24,27H,2-4,8-9,13-14,16-17H2,1H3/t20-,23-,24+,27-,29-/m0/s1. The van der Waals surface area contributed by atoms with Gasteiger partial charge in [0, 0.05) is 37.0 Å². The Morgan fingerprint density at radius 1 is 0.872 bits per heavy atom. The van der Waals surface area contributed by atoms with Crippen LogP contribution < -0.4 is 0 Å². The maximum atomic E-state index is 15.1. The second kappa shape index (κ2) is 11.2. The van der Waals surface area contributed by atoms with Crippen LogP contribution in [-0.4, -0.2) is 67.1 Å². The molecule has 6 rings (SSSR count). The highest BCUT2D eigenvalue weighted by atomic mass is 32.2. The van der Waals surface area contributed by atoms with E-state index in [2.05, 4.69) is 0 Å². The summed E-state index contributed by atoms with van der Waals surface area (Å²) in [6, 6.07) is 4.10. The first-order valence-corrected chi connectivity index (χ1v) is 16.9. The molecule has 6 nitrogen and oxygen atoms in total. The van der Waals surface area contributed by atoms with E-state index in [0.717, 1.165) is 43.2 Å². The number of sulfone groups is 1. The highest BCUT2D eigenvalue weighted by Crippen LogP contribution is 2.56. The van der Waals surface area contributed by atoms with Gasteiger partial charge in [0.1, 0.15) is 10.6 Å². The summed E-state index contributed by atoms with van der Waals surface area (Å²) in [7, 11) is -4.60. The number of nitrogens with zero attached hydrogens (tertiary/aromatic N) is 2. The Morgan fingerprint density at radius 3 is 2.02 bits per heavy atom. The molecule has 3 fully saturated rings. The lowest BCUT2D eigenvalue weighted by atomic mass is 9.84. The molecule has 4 aliphatic rings. The SMILES string of the molecule is CC(=O)N1[C@@H]2CC[C@H]1C[C@H](C(=O)N1CC[C@]3(S(=O)(=O)c4ccc(F)cc4)c4ccc(C(F)(C(F)(F)F)C(F)(F)F)cc4CCC[C@H]13)C2. The summed E-state index contributed by atoms with van der Waals surface area (Å²) in [5.41, 5.74) is -7.74. The zero-order valence-electron chi connectivity index (χ0n) is 25.2. The molecule has 1 aliphatic carbocycles. The van der Waals surface area contributed by atoms with Gasteiger partial charge in [-0.05, 0) is 86.8 Å². The fraction of sp³-hybridized carbons (Fsp3) is 0.562. The number of piperidine rings is 1. The Balaban J connectivity index is 1.47. The van der Waals surface area contributed by atoms with Gasteiger partial charge in [-0.2, -0.15) is 26.3 Å². The van der Waals surface area contributed by atoms with Crippen molar-refractivity contribution in [1.82, 2.24) is 9.80 Å². The van der Waals surface area contributed by atoms with Gasteiger partial charge in [-0.25, -0.2) is 17.2 Å². The number of carbonyl (C=O) groups is 2. The molecule has 2 amide bonds. The van der Waals surface area contributed by atoms with E-state index < -0.39 is 55.9 Å². The summed E-state index contributed by atoms with van der Waals surface area (Å²) in [5, 5.41) is 0. The van der Waals surface area contributed by atoms with Gasteiger partial charge in [-0.1, -0.05) is 18.2 Å². The van der Waals surface area contributed by atoms with E-state index in [0.29, 0.717) is 25.0 Å². The van der Waals surface area contributed by atoms with Crippen molar-refractivity contribution < 1.29 is 53.1 Å². The van der Waals surface area contributed by atoms with E-state index in [9.17, 15) is 48.7 Å². The fourth-order valence-corrected chi connectivity index (χ4v) is 11.0. The summed E-state index contributed by atoms with van der Waals surface area (Å²) in [6.45, 7) is 1.39. The maximum Gasteiger partial charge on any atom is 0.435 e. The van der Waals surface area contributed by atoms with E-state index in [1.54, 1.807) is 4.90 Å². The smallest absolute Gasteiger partial charge is 0.337 e. The number of hydrogen-bond donors (Lipinski definition) is 0. The number of carbonyl (C=O) groups excluding carboxylic acids is 2. The molecule has 3 heterocycles. The van der Waals surface area contributed by atoms with Gasteiger partial charge < -0.3 is 9.80 Å². The molecule has 0 radical (unpaired) electrons. The highest BCUT2D eigenvalue weighted by Gasteiger charge is 2.73. The third-order valence-electron chi connectivity index (χ3n) is 10.6. The topological polar surface area (TPSA) is 74.8 Å². The highest BCUT2D eigenvalue weighted by molar-refractivity contribution is 7.92. The molecular formula is C32H32F8N2O4S. The molecule has 0 aromatic heterocycles. The summed E-state index contributed by atoms with van der Waals surface area (Å²) in [5.74, 6) is -1.69. The number of aryl methyl sites for hydroxylation is 1. The van der Waals surface area contributed by atoms with Crippen LogP contribution in [0.4, 0.5) is 35.1 Å². The van der Waals surface area contributed by atoms with Crippen LogP contribution >= 0.6 is 0 Å². The van der Waals surface area contributed by atoms with Crippen LogP contribution in [0.25, 0.3) is 0 Å². The van der Waals surface area contributed by atoms with Gasteiger partial charge in [0.15, 0.2) is 9.84 Å². The van der Waals surface area contributed by atoms with Crippen LogP contribution in [0.5, 0.6) is 0 Å². The summed E-state index contributed by atoms with van der Waals surface area (Å²) in [6.07, 6.45) is -10.8. The molecule has 5 atom stereocenters. The second-order valence-corrected chi connectivity index (χ2v) is 15.2. The van der Waals surface area contributed by atoms with E-state index in [1.807, 2.05) is 0 Å². The van der Waals surface area contributed by atoms with Crippen LogP contribution in [0.3, 0.4) is 0 Å². The lowest BCUT2D eigenvalue weighted by Crippen LogP contribution is -2.53. The number of amides is 2. The van der Waals surface area contributed by atoms with Gasteiger partial charge in [-0.3, -0.25) is 9.59 Å². The number of hydrogen-bond acceptors (Lipinski definition) is 4. The van der Waals surface area contributed by atoms with Crippen molar-refractivity contribution in [3.8, 4) is 0 Å². The first-order valence-electron chi connectivity index (χ1n) is 15.4. The van der Waals surface area contributed by atoms with Crippen LogP contribution in [0.2, 0.25) is 0 Å². The molecule has 15 heteroatoms. The predicted molar refractivity (Wildman–Crippen MR) is 152 cm³/mol. The van der Waals surface area contributed by atoms with E-state index in [1.165, 1.54) is 11.8 Å². The number of benzene rings is 2. The Bertz CT molecular complexity index is 1670. The van der Waals surface area contributed by atoms with Crippen molar-refractivity contribution in [2.75, 3.05) is 6.54 Å². The lowest BCUT2D eigenvalue weighted by molar-refractivity contribution is -0.348. The molecule has 2 bridgehead atoms. The Hall–Kier alpha value is -3.23. The van der Waals surface area contributed by atoms with Gasteiger partial charge in [-0.15, -0.1) is 0 Å². The van der Waals surface area contributed by atoms with Gasteiger partial charge in [0.2, 0.25) is 11.8 Å². The Labute approximate surface area is 266 Å². The lowest BCUT2D eigenvalue weighted by Gasteiger charge is -2.42. The van der Waals surface area contributed by atoms with Crippen molar-refractivity contribution in [3.05, 3.63) is 65.0 Å². The summed E-state index contributed by atoms with van der Waals surface area (Å²) < 4.78 is 138. The van der Waals surface area contributed by atoms with Crippen LogP contribution in [0.15, 0.2) is 47.4 Å². The van der Waals surface area contributed by atoms with Crippen molar-refractivity contribution in [2.24, 2.45) is 5.92 Å². The largest absolute Gasteiger partial charge is 0.435 e. The predicted octanol–water partition coefficient (Wildman–Crippen LogP) is 6.51. The monoisotopic (exact) mass is 692 g/mol. The molecule has 0 unspecified atom stereocenters. The van der Waals surface area contributed by atoms with E-state index in [-0.39, 0.29) is 72.1 Å². The number of fused-ring (bicyclic) bond motifs is 5. The average molecular weight is 693 g/mol. The molecular weight excluding hydrogens is 660 g/mol. The first-order chi connectivity index (χ1) is 21.8. The maximum absolute atomic E-state index is 15.1. The molecule has 47 heavy (non-hydrogen) atoms. The minimum atomic E-state index is -6.36. The Kier molecular flexibility index (Phi) is 7.99. The van der Waals surface area contributed by atoms with Gasteiger partial charge >= 0.3 is 18.0 Å². The second-order valence-electron chi connectivity index (χ2n) is 13.0. The van der Waals surface area contributed by atoms with E-state index >= 15 is 4.39 Å². The quantitative estimate of drug-likeness (QED) is 0.271. The fourth-order valence-electron chi connectivity index (χ4n) is 8.64. The normalized spacial score (nSPS) is 28.1. The number of likely N-dealkylation sites (tertiary alicyclic amines) is 1. The zero-order chi connectivity index (χ0) is 34.3. The molecule has 256 valence electrons. The molecule has 0 N–H and O–H groups in total. The third kappa shape index (κ3) is 4.96. The van der Waals surface area contributed by atoms with E-state index in [4.69, 9.17) is 0 Å². The van der Waals surface area contributed by atoms with Crippen LogP contribution in [0, 0.1) is 11.7 Å². The third-order valence-corrected chi connectivity index (χ3v) is 13.2. The molecule has 0 saturated carbocycles. The average Bonchev–Trinajstić information content (AvgIpc) is 3.44. The molecule has 3 saturated heterocycles. The number of rotatable bonds is 4. The molecule has 3 aliphatic heterocycles. The van der Waals surface area contributed by atoms with Gasteiger partial charge in [0.05, 0.1) is 10.9 Å². The summed E-state index contributed by atoms with van der Waals surface area (Å²) >= 11 is 0. The first kappa shape index (κ1) is 33.7. The van der Waals surface area contributed by atoms with Crippen LogP contribution in [-0.2, 0) is 36.3 Å².